The third-order valence-electron chi connectivity index (χ3n) is 2.40. The van der Waals surface area contributed by atoms with Crippen molar-refractivity contribution in [3.8, 4) is 5.75 Å². The van der Waals surface area contributed by atoms with E-state index in [0.29, 0.717) is 5.75 Å². The van der Waals surface area contributed by atoms with Crippen LogP contribution in [0.4, 0.5) is 0 Å². The number of aliphatic imine (C=N–C) groups is 1. The van der Waals surface area contributed by atoms with Crippen LogP contribution in [0.15, 0.2) is 60.3 Å². The molecule has 1 rings (SSSR count). The minimum absolute atomic E-state index is 0.249. The lowest BCUT2D eigenvalue weighted by Gasteiger charge is -2.07. The Morgan fingerprint density at radius 3 is 2.29 bits per heavy atom. The molecule has 0 aromatic heterocycles. The molecule has 0 amide bonds. The van der Waals surface area contributed by atoms with E-state index in [4.69, 9.17) is 4.74 Å². The molecule has 0 heterocycles. The van der Waals surface area contributed by atoms with Crippen molar-refractivity contribution in [2.24, 2.45) is 4.99 Å². The molecule has 0 saturated carbocycles. The highest BCUT2D eigenvalue weighted by atomic mass is 16.5. The van der Waals surface area contributed by atoms with Crippen LogP contribution in [0.1, 0.15) is 19.4 Å². The number of hydrogen-bond acceptors (Lipinski definition) is 4. The topological polar surface area (TPSA) is 50.7 Å². The Balaban J connectivity index is 0.00000191. The maximum atomic E-state index is 11.7. The van der Waals surface area contributed by atoms with E-state index in [1.165, 1.54) is 12.3 Å². The standard InChI is InChI=1S/C15H16N2O2.C2H6/c1-5-12(10-16-3)15(18)19-14-8-6-13(7-9-14)11(2)17-4;1-2/h5-10,17H,1-3H2,4H3;1-2H3/b12-10+;. The van der Waals surface area contributed by atoms with Gasteiger partial charge in [-0.05, 0) is 36.5 Å². The molecule has 0 aliphatic heterocycles. The summed E-state index contributed by atoms with van der Waals surface area (Å²) in [4.78, 5) is 15.2. The van der Waals surface area contributed by atoms with Crippen LogP contribution in [-0.2, 0) is 4.79 Å². The molecular formula is C17H22N2O2. The molecule has 0 atom stereocenters. The Kier molecular flexibility index (Phi) is 8.93. The van der Waals surface area contributed by atoms with Crippen molar-refractivity contribution < 1.29 is 9.53 Å². The van der Waals surface area contributed by atoms with Crippen molar-refractivity contribution in [1.29, 1.82) is 0 Å². The molecule has 1 aromatic rings. The van der Waals surface area contributed by atoms with Crippen LogP contribution >= 0.6 is 0 Å². The van der Waals surface area contributed by atoms with Crippen LogP contribution < -0.4 is 10.1 Å². The maximum absolute atomic E-state index is 11.7. The summed E-state index contributed by atoms with van der Waals surface area (Å²) in [5.74, 6) is -0.0861. The van der Waals surface area contributed by atoms with Gasteiger partial charge >= 0.3 is 5.97 Å². The molecule has 4 nitrogen and oxygen atoms in total. The van der Waals surface area contributed by atoms with Gasteiger partial charge in [-0.3, -0.25) is 4.99 Å². The van der Waals surface area contributed by atoms with Crippen LogP contribution in [-0.4, -0.2) is 19.7 Å². The average molecular weight is 286 g/mol. The van der Waals surface area contributed by atoms with Crippen molar-refractivity contribution in [3.05, 3.63) is 60.8 Å². The van der Waals surface area contributed by atoms with Crippen molar-refractivity contribution in [3.63, 3.8) is 0 Å². The van der Waals surface area contributed by atoms with Gasteiger partial charge in [0.1, 0.15) is 5.75 Å². The van der Waals surface area contributed by atoms with Gasteiger partial charge in [0.15, 0.2) is 0 Å². The first kappa shape index (κ1) is 18.4. The van der Waals surface area contributed by atoms with E-state index in [9.17, 15) is 4.79 Å². The fourth-order valence-electron chi connectivity index (χ4n) is 1.32. The van der Waals surface area contributed by atoms with E-state index in [0.717, 1.165) is 11.3 Å². The first-order valence-electron chi connectivity index (χ1n) is 6.60. The summed E-state index contributed by atoms with van der Waals surface area (Å²) in [5, 5.41) is 2.94. The normalized spacial score (nSPS) is 9.76. The molecule has 21 heavy (non-hydrogen) atoms. The fraction of sp³-hybridized carbons (Fsp3) is 0.176. The summed E-state index contributed by atoms with van der Waals surface area (Å²) >= 11 is 0. The van der Waals surface area contributed by atoms with Crippen molar-refractivity contribution in [2.75, 3.05) is 7.05 Å². The smallest absolute Gasteiger partial charge is 0.345 e. The van der Waals surface area contributed by atoms with Gasteiger partial charge in [0.05, 0.1) is 5.57 Å². The van der Waals surface area contributed by atoms with Gasteiger partial charge in [0.25, 0.3) is 0 Å². The minimum Gasteiger partial charge on any atom is -0.423 e. The number of nitrogens with one attached hydrogen (secondary N) is 1. The number of hydrogen-bond donors (Lipinski definition) is 1. The number of rotatable bonds is 6. The molecule has 0 spiro atoms. The van der Waals surface area contributed by atoms with Crippen molar-refractivity contribution in [1.82, 2.24) is 5.32 Å². The molecule has 0 radical (unpaired) electrons. The zero-order valence-electron chi connectivity index (χ0n) is 12.8. The van der Waals surface area contributed by atoms with Crippen LogP contribution in [0.2, 0.25) is 0 Å². The highest BCUT2D eigenvalue weighted by Gasteiger charge is 2.08. The second-order valence-corrected chi connectivity index (χ2v) is 3.61. The zero-order valence-corrected chi connectivity index (χ0v) is 12.8. The largest absolute Gasteiger partial charge is 0.423 e. The fourth-order valence-corrected chi connectivity index (χ4v) is 1.32. The Morgan fingerprint density at radius 1 is 1.29 bits per heavy atom. The quantitative estimate of drug-likeness (QED) is 0.286. The number of ether oxygens (including phenoxy) is 1. The highest BCUT2D eigenvalue weighted by molar-refractivity contribution is 5.93. The third-order valence-corrected chi connectivity index (χ3v) is 2.40. The van der Waals surface area contributed by atoms with E-state index in [1.807, 2.05) is 26.0 Å². The van der Waals surface area contributed by atoms with E-state index < -0.39 is 5.97 Å². The van der Waals surface area contributed by atoms with E-state index >= 15 is 0 Å². The monoisotopic (exact) mass is 286 g/mol. The lowest BCUT2D eigenvalue weighted by atomic mass is 10.2. The maximum Gasteiger partial charge on any atom is 0.345 e. The molecule has 0 bridgehead atoms. The van der Waals surface area contributed by atoms with Gasteiger partial charge in [0, 0.05) is 18.9 Å². The molecule has 1 aromatic carbocycles. The van der Waals surface area contributed by atoms with Crippen LogP contribution in [0.5, 0.6) is 5.75 Å². The Bertz CT molecular complexity index is 528. The number of carbonyl (C=O) groups is 1. The van der Waals surface area contributed by atoms with Crippen molar-refractivity contribution >= 4 is 18.4 Å². The van der Waals surface area contributed by atoms with Crippen LogP contribution in [0.3, 0.4) is 0 Å². The first-order chi connectivity index (χ1) is 10.1. The van der Waals surface area contributed by atoms with Crippen LogP contribution in [0.25, 0.3) is 5.70 Å². The Labute approximate surface area is 126 Å². The predicted octanol–water partition coefficient (Wildman–Crippen LogP) is 3.58. The summed E-state index contributed by atoms with van der Waals surface area (Å²) in [5.41, 5.74) is 1.97. The Hall–Kier alpha value is -2.62. The SMILES string of the molecule is C=C/C(=C\N=C)C(=O)Oc1ccc(C(=C)NC)cc1.CC. The summed E-state index contributed by atoms with van der Waals surface area (Å²) in [6.07, 6.45) is 2.67. The molecule has 0 aliphatic carbocycles. The van der Waals surface area contributed by atoms with Gasteiger partial charge in [-0.1, -0.05) is 33.1 Å². The Morgan fingerprint density at radius 2 is 1.86 bits per heavy atom. The van der Waals surface area contributed by atoms with E-state index in [2.05, 4.69) is 30.2 Å². The lowest BCUT2D eigenvalue weighted by molar-refractivity contribution is -0.129. The summed E-state index contributed by atoms with van der Waals surface area (Å²) in [6, 6.07) is 7.00. The first-order valence-corrected chi connectivity index (χ1v) is 6.60. The second kappa shape index (κ2) is 10.2. The van der Waals surface area contributed by atoms with Crippen LogP contribution in [0, 0.1) is 0 Å². The third kappa shape index (κ3) is 5.91. The van der Waals surface area contributed by atoms with Gasteiger partial charge in [0.2, 0.25) is 0 Å². The molecule has 112 valence electrons. The predicted molar refractivity (Wildman–Crippen MR) is 89.3 cm³/mol. The second-order valence-electron chi connectivity index (χ2n) is 3.61. The lowest BCUT2D eigenvalue weighted by Crippen LogP contribution is -2.10. The number of nitrogens with zero attached hydrogens (tertiary/aromatic N) is 1. The molecule has 4 heteroatoms. The number of esters is 1. The highest BCUT2D eigenvalue weighted by Crippen LogP contribution is 2.17. The number of carbonyl (C=O) groups excluding carboxylic acids is 1. The van der Waals surface area contributed by atoms with Gasteiger partial charge in [-0.25, -0.2) is 4.79 Å². The summed E-state index contributed by atoms with van der Waals surface area (Å²) < 4.78 is 5.17. The van der Waals surface area contributed by atoms with Gasteiger partial charge in [-0.2, -0.15) is 0 Å². The molecule has 0 fully saturated rings. The summed E-state index contributed by atoms with van der Waals surface area (Å²) in [6.45, 7) is 14.6. The van der Waals surface area contributed by atoms with E-state index in [1.54, 1.807) is 19.2 Å². The summed E-state index contributed by atoms with van der Waals surface area (Å²) in [7, 11) is 1.79. The average Bonchev–Trinajstić information content (AvgIpc) is 2.54. The number of benzene rings is 1. The minimum atomic E-state index is -0.525. The molecule has 0 aliphatic rings. The van der Waals surface area contributed by atoms with Crippen molar-refractivity contribution in [2.45, 2.75) is 13.8 Å². The van der Waals surface area contributed by atoms with Gasteiger partial charge < -0.3 is 10.1 Å². The molecule has 0 saturated heterocycles. The molecular weight excluding hydrogens is 264 g/mol. The van der Waals surface area contributed by atoms with E-state index in [-0.39, 0.29) is 5.57 Å². The van der Waals surface area contributed by atoms with Gasteiger partial charge in [-0.15, -0.1) is 0 Å². The molecule has 1 N–H and O–H groups in total. The zero-order chi connectivity index (χ0) is 16.3. The molecule has 0 unspecified atom stereocenters.